The maximum atomic E-state index is 5.65. The number of rotatable bonds is 5. The van der Waals surface area contributed by atoms with E-state index in [9.17, 15) is 0 Å². The largest absolute Gasteiger partial charge is 0.486 e. The van der Waals surface area contributed by atoms with Gasteiger partial charge >= 0.3 is 0 Å². The van der Waals surface area contributed by atoms with Gasteiger partial charge in [-0.25, -0.2) is 4.98 Å². The van der Waals surface area contributed by atoms with Crippen molar-refractivity contribution >= 4 is 0 Å². The van der Waals surface area contributed by atoms with Gasteiger partial charge in [-0.2, -0.15) is 0 Å². The minimum Gasteiger partial charge on any atom is -0.486 e. The van der Waals surface area contributed by atoms with E-state index < -0.39 is 0 Å². The van der Waals surface area contributed by atoms with Gasteiger partial charge in [-0.1, -0.05) is 26.0 Å². The Kier molecular flexibility index (Phi) is 3.99. The van der Waals surface area contributed by atoms with Gasteiger partial charge in [0.15, 0.2) is 0 Å². The highest BCUT2D eigenvalue weighted by molar-refractivity contribution is 5.28. The van der Waals surface area contributed by atoms with Gasteiger partial charge in [0.25, 0.3) is 0 Å². The van der Waals surface area contributed by atoms with Crippen LogP contribution >= 0.6 is 0 Å². The first-order valence-electron chi connectivity index (χ1n) is 6.14. The summed E-state index contributed by atoms with van der Waals surface area (Å²) in [5, 5.41) is 0. The van der Waals surface area contributed by atoms with Crippen LogP contribution in [0.15, 0.2) is 30.5 Å². The van der Waals surface area contributed by atoms with Crippen molar-refractivity contribution < 1.29 is 4.74 Å². The minimum absolute atomic E-state index is 0.432. The molecule has 18 heavy (non-hydrogen) atoms. The van der Waals surface area contributed by atoms with Crippen LogP contribution in [-0.4, -0.2) is 9.97 Å². The number of hydrogen-bond donors (Lipinski definition) is 2. The van der Waals surface area contributed by atoms with Crippen LogP contribution in [0.5, 0.6) is 5.75 Å². The summed E-state index contributed by atoms with van der Waals surface area (Å²) >= 11 is 0. The molecule has 0 spiro atoms. The van der Waals surface area contributed by atoms with E-state index in [-0.39, 0.29) is 0 Å². The average Bonchev–Trinajstić information content (AvgIpc) is 2.85. The molecule has 0 saturated carbocycles. The number of aromatic amines is 1. The maximum absolute atomic E-state index is 5.65. The van der Waals surface area contributed by atoms with E-state index in [1.807, 2.05) is 12.1 Å². The molecule has 1 aromatic carbocycles. The van der Waals surface area contributed by atoms with Gasteiger partial charge in [0.1, 0.15) is 18.2 Å². The molecular weight excluding hydrogens is 226 g/mol. The molecule has 2 rings (SSSR count). The van der Waals surface area contributed by atoms with Gasteiger partial charge < -0.3 is 15.5 Å². The average molecular weight is 245 g/mol. The predicted molar refractivity (Wildman–Crippen MR) is 71.3 cm³/mol. The quantitative estimate of drug-likeness (QED) is 0.851. The van der Waals surface area contributed by atoms with E-state index in [1.54, 1.807) is 6.20 Å². The fourth-order valence-corrected chi connectivity index (χ4v) is 1.68. The Morgan fingerprint density at radius 3 is 2.56 bits per heavy atom. The predicted octanol–water partition coefficient (Wildman–Crippen LogP) is 2.57. The summed E-state index contributed by atoms with van der Waals surface area (Å²) in [6, 6.07) is 8.16. The van der Waals surface area contributed by atoms with Crippen LogP contribution in [0.4, 0.5) is 0 Å². The van der Waals surface area contributed by atoms with Crippen molar-refractivity contribution in [3.05, 3.63) is 47.5 Å². The zero-order valence-corrected chi connectivity index (χ0v) is 10.8. The standard InChI is InChI=1S/C14H19N3O/c1-10(2)11-3-5-13(6-4-11)18-9-14-16-8-12(7-15)17-14/h3-6,8,10H,7,9,15H2,1-2H3,(H,16,17). The molecule has 1 heterocycles. The van der Waals surface area contributed by atoms with Crippen LogP contribution in [0.25, 0.3) is 0 Å². The molecule has 0 radical (unpaired) electrons. The Morgan fingerprint density at radius 1 is 1.28 bits per heavy atom. The van der Waals surface area contributed by atoms with Crippen molar-refractivity contribution in [2.45, 2.75) is 32.9 Å². The van der Waals surface area contributed by atoms with Gasteiger partial charge in [-0.15, -0.1) is 0 Å². The highest BCUT2D eigenvalue weighted by atomic mass is 16.5. The topological polar surface area (TPSA) is 63.9 Å². The summed E-state index contributed by atoms with van der Waals surface area (Å²) in [4.78, 5) is 7.29. The van der Waals surface area contributed by atoms with Crippen molar-refractivity contribution in [2.75, 3.05) is 0 Å². The van der Waals surface area contributed by atoms with Crippen LogP contribution in [0.3, 0.4) is 0 Å². The van der Waals surface area contributed by atoms with Crippen molar-refractivity contribution in [1.29, 1.82) is 0 Å². The van der Waals surface area contributed by atoms with Gasteiger partial charge in [0.2, 0.25) is 0 Å². The number of benzene rings is 1. The molecule has 0 aliphatic heterocycles. The van der Waals surface area contributed by atoms with E-state index >= 15 is 0 Å². The molecule has 0 fully saturated rings. The summed E-state index contributed by atoms with van der Waals surface area (Å²) in [6.07, 6.45) is 1.74. The van der Waals surface area contributed by atoms with E-state index in [1.165, 1.54) is 5.56 Å². The molecule has 0 unspecified atom stereocenters. The molecule has 2 aromatic rings. The fraction of sp³-hybridized carbons (Fsp3) is 0.357. The van der Waals surface area contributed by atoms with Crippen molar-refractivity contribution in [3.63, 3.8) is 0 Å². The Morgan fingerprint density at radius 2 is 2.00 bits per heavy atom. The number of ether oxygens (including phenoxy) is 1. The lowest BCUT2D eigenvalue weighted by atomic mass is 10.0. The molecule has 3 N–H and O–H groups in total. The molecule has 0 amide bonds. The Labute approximate surface area is 107 Å². The molecule has 4 nitrogen and oxygen atoms in total. The SMILES string of the molecule is CC(C)c1ccc(OCc2ncc(CN)[nH]2)cc1. The lowest BCUT2D eigenvalue weighted by Gasteiger charge is -2.07. The second-order valence-corrected chi connectivity index (χ2v) is 4.57. The molecular formula is C14H19N3O. The number of hydrogen-bond acceptors (Lipinski definition) is 3. The first-order valence-corrected chi connectivity index (χ1v) is 6.14. The van der Waals surface area contributed by atoms with Crippen molar-refractivity contribution in [1.82, 2.24) is 9.97 Å². The Hall–Kier alpha value is -1.81. The van der Waals surface area contributed by atoms with E-state index in [4.69, 9.17) is 10.5 Å². The highest BCUT2D eigenvalue weighted by Crippen LogP contribution is 2.19. The van der Waals surface area contributed by atoms with E-state index in [0.717, 1.165) is 17.3 Å². The molecule has 4 heteroatoms. The lowest BCUT2D eigenvalue weighted by molar-refractivity contribution is 0.297. The third-order valence-electron chi connectivity index (χ3n) is 2.82. The Bertz CT molecular complexity index is 488. The van der Waals surface area contributed by atoms with Crippen LogP contribution in [0.1, 0.15) is 36.8 Å². The summed E-state index contributed by atoms with van der Waals surface area (Å²) in [7, 11) is 0. The molecule has 1 aromatic heterocycles. The zero-order chi connectivity index (χ0) is 13.0. The smallest absolute Gasteiger partial charge is 0.146 e. The second-order valence-electron chi connectivity index (χ2n) is 4.57. The molecule has 96 valence electrons. The Balaban J connectivity index is 1.93. The third-order valence-corrected chi connectivity index (χ3v) is 2.82. The fourth-order valence-electron chi connectivity index (χ4n) is 1.68. The van der Waals surface area contributed by atoms with Crippen LogP contribution < -0.4 is 10.5 Å². The number of H-pyrrole nitrogens is 1. The van der Waals surface area contributed by atoms with Crippen LogP contribution in [-0.2, 0) is 13.2 Å². The normalized spacial score (nSPS) is 10.9. The monoisotopic (exact) mass is 245 g/mol. The maximum Gasteiger partial charge on any atom is 0.146 e. The number of nitrogens with zero attached hydrogens (tertiary/aromatic N) is 1. The molecule has 0 aliphatic carbocycles. The lowest BCUT2D eigenvalue weighted by Crippen LogP contribution is -2.00. The zero-order valence-electron chi connectivity index (χ0n) is 10.8. The third kappa shape index (κ3) is 3.11. The first-order chi connectivity index (χ1) is 8.69. The van der Waals surface area contributed by atoms with Gasteiger partial charge in [-0.05, 0) is 23.6 Å². The van der Waals surface area contributed by atoms with E-state index in [0.29, 0.717) is 19.1 Å². The first kappa shape index (κ1) is 12.6. The molecule has 0 bridgehead atoms. The summed E-state index contributed by atoms with van der Waals surface area (Å²) in [6.45, 7) is 5.25. The minimum atomic E-state index is 0.432. The summed E-state index contributed by atoms with van der Waals surface area (Å²) in [5.74, 6) is 2.18. The van der Waals surface area contributed by atoms with Crippen molar-refractivity contribution in [3.8, 4) is 5.75 Å². The number of nitrogens with two attached hydrogens (primary N) is 1. The van der Waals surface area contributed by atoms with Gasteiger partial charge in [0.05, 0.1) is 0 Å². The number of aromatic nitrogens is 2. The number of nitrogens with one attached hydrogen (secondary N) is 1. The van der Waals surface area contributed by atoms with Crippen LogP contribution in [0, 0.1) is 0 Å². The van der Waals surface area contributed by atoms with Gasteiger partial charge in [-0.3, -0.25) is 0 Å². The second kappa shape index (κ2) is 5.69. The summed E-state index contributed by atoms with van der Waals surface area (Å²) in [5.41, 5.74) is 7.73. The number of imidazole rings is 1. The molecule has 0 atom stereocenters. The van der Waals surface area contributed by atoms with Crippen molar-refractivity contribution in [2.24, 2.45) is 5.73 Å². The highest BCUT2D eigenvalue weighted by Gasteiger charge is 2.02. The van der Waals surface area contributed by atoms with Crippen LogP contribution in [0.2, 0.25) is 0 Å². The molecule has 0 aliphatic rings. The molecule has 0 saturated heterocycles. The van der Waals surface area contributed by atoms with Gasteiger partial charge in [0, 0.05) is 18.4 Å². The summed E-state index contributed by atoms with van der Waals surface area (Å²) < 4.78 is 5.65. The van der Waals surface area contributed by atoms with E-state index in [2.05, 4.69) is 35.9 Å².